The van der Waals surface area contributed by atoms with Crippen LogP contribution >= 0.6 is 0 Å². The van der Waals surface area contributed by atoms with E-state index < -0.39 is 0 Å². The monoisotopic (exact) mass is 355 g/mol. The van der Waals surface area contributed by atoms with Crippen molar-refractivity contribution in [2.75, 3.05) is 14.1 Å². The molecule has 0 bridgehead atoms. The normalized spacial score (nSPS) is 19.9. The number of fused-ring (bicyclic) bond motifs is 1. The Hall–Kier alpha value is -2.83. The number of nitrogens with zero attached hydrogens (tertiary/aromatic N) is 2. The first-order chi connectivity index (χ1) is 13.0. The summed E-state index contributed by atoms with van der Waals surface area (Å²) in [5, 5.41) is 10.3. The zero-order chi connectivity index (χ0) is 19.0. The molecule has 1 aliphatic carbocycles. The summed E-state index contributed by atoms with van der Waals surface area (Å²) >= 11 is 0. The summed E-state index contributed by atoms with van der Waals surface area (Å²) in [4.78, 5) is 5.96. The number of hydrogen-bond donors (Lipinski definition) is 1. The first-order valence-corrected chi connectivity index (χ1v) is 9.50. The van der Waals surface area contributed by atoms with Crippen LogP contribution in [0.5, 0.6) is 0 Å². The molecule has 1 atom stereocenters. The molecule has 1 aromatic heterocycles. The van der Waals surface area contributed by atoms with Crippen LogP contribution in [0.15, 0.2) is 54.6 Å². The van der Waals surface area contributed by atoms with E-state index in [9.17, 15) is 5.26 Å². The van der Waals surface area contributed by atoms with Crippen LogP contribution < -0.4 is 0 Å². The van der Waals surface area contributed by atoms with E-state index in [4.69, 9.17) is 0 Å². The quantitative estimate of drug-likeness (QED) is 0.686. The lowest BCUT2D eigenvalue weighted by molar-refractivity contribution is 0.138. The lowest BCUT2D eigenvalue weighted by Crippen LogP contribution is -2.42. The summed E-state index contributed by atoms with van der Waals surface area (Å²) in [6, 6.07) is 19.0. The fraction of sp³-hybridized carbons (Fsp3) is 0.292. The maximum Gasteiger partial charge on any atom is 0.0991 e. The largest absolute Gasteiger partial charge is 0.355 e. The molecule has 1 N–H and O–H groups in total. The smallest absolute Gasteiger partial charge is 0.0991 e. The highest BCUT2D eigenvalue weighted by atomic mass is 15.1. The molecular weight excluding hydrogens is 330 g/mol. The summed E-state index contributed by atoms with van der Waals surface area (Å²) in [7, 11) is 4.37. The first-order valence-electron chi connectivity index (χ1n) is 9.50. The van der Waals surface area contributed by atoms with Crippen molar-refractivity contribution in [2.24, 2.45) is 0 Å². The van der Waals surface area contributed by atoms with E-state index >= 15 is 0 Å². The van der Waals surface area contributed by atoms with Gasteiger partial charge in [-0.3, -0.25) is 4.90 Å². The van der Waals surface area contributed by atoms with Gasteiger partial charge >= 0.3 is 0 Å². The van der Waals surface area contributed by atoms with Crippen molar-refractivity contribution in [1.82, 2.24) is 9.88 Å². The molecule has 1 heterocycles. The predicted octanol–water partition coefficient (Wildman–Crippen LogP) is 5.37. The molecule has 0 saturated carbocycles. The molecule has 0 amide bonds. The molecule has 3 aromatic rings. The average Bonchev–Trinajstić information content (AvgIpc) is 3.04. The van der Waals surface area contributed by atoms with Crippen molar-refractivity contribution in [2.45, 2.75) is 31.7 Å². The minimum absolute atomic E-state index is 0.0542. The van der Waals surface area contributed by atoms with Gasteiger partial charge in [-0.15, -0.1) is 0 Å². The van der Waals surface area contributed by atoms with Gasteiger partial charge in [0.05, 0.1) is 11.6 Å². The zero-order valence-electron chi connectivity index (χ0n) is 16.2. The van der Waals surface area contributed by atoms with Gasteiger partial charge in [0.2, 0.25) is 0 Å². The van der Waals surface area contributed by atoms with Gasteiger partial charge in [-0.2, -0.15) is 5.26 Å². The first kappa shape index (κ1) is 17.6. The number of rotatable bonds is 3. The van der Waals surface area contributed by atoms with Crippen molar-refractivity contribution in [1.29, 1.82) is 5.26 Å². The summed E-state index contributed by atoms with van der Waals surface area (Å²) in [6.07, 6.45) is 5.52. The Labute approximate surface area is 160 Å². The molecule has 4 rings (SSSR count). The van der Waals surface area contributed by atoms with Gasteiger partial charge in [-0.05, 0) is 75.2 Å². The molecule has 0 aliphatic heterocycles. The van der Waals surface area contributed by atoms with Crippen molar-refractivity contribution in [3.05, 3.63) is 77.0 Å². The fourth-order valence-electron chi connectivity index (χ4n) is 4.46. The average molecular weight is 355 g/mol. The van der Waals surface area contributed by atoms with Gasteiger partial charge in [-0.1, -0.05) is 36.4 Å². The molecular formula is C24H25N3. The van der Waals surface area contributed by atoms with Crippen LogP contribution in [0, 0.1) is 18.3 Å². The van der Waals surface area contributed by atoms with Gasteiger partial charge in [0.25, 0.3) is 0 Å². The van der Waals surface area contributed by atoms with E-state index in [0.29, 0.717) is 5.56 Å². The van der Waals surface area contributed by atoms with Crippen LogP contribution in [0.1, 0.15) is 41.6 Å². The minimum atomic E-state index is 0.0542. The third kappa shape index (κ3) is 2.87. The minimum Gasteiger partial charge on any atom is -0.355 e. The van der Waals surface area contributed by atoms with Gasteiger partial charge < -0.3 is 4.98 Å². The number of hydrogen-bond acceptors (Lipinski definition) is 2. The molecule has 27 heavy (non-hydrogen) atoms. The highest BCUT2D eigenvalue weighted by molar-refractivity contribution is 5.90. The molecule has 0 saturated heterocycles. The molecule has 3 heteroatoms. The Bertz CT molecular complexity index is 1050. The maximum absolute atomic E-state index is 9.19. The van der Waals surface area contributed by atoms with E-state index in [1.54, 1.807) is 0 Å². The van der Waals surface area contributed by atoms with Gasteiger partial charge in [0.15, 0.2) is 0 Å². The Morgan fingerprint density at radius 2 is 1.89 bits per heavy atom. The third-order valence-electron chi connectivity index (χ3n) is 6.17. The Kier molecular flexibility index (Phi) is 4.37. The van der Waals surface area contributed by atoms with Crippen LogP contribution in [0.2, 0.25) is 0 Å². The Morgan fingerprint density at radius 1 is 1.11 bits per heavy atom. The van der Waals surface area contributed by atoms with Gasteiger partial charge in [0, 0.05) is 22.1 Å². The van der Waals surface area contributed by atoms with Crippen molar-refractivity contribution >= 4 is 16.5 Å². The second kappa shape index (κ2) is 6.72. The molecule has 1 unspecified atom stereocenters. The van der Waals surface area contributed by atoms with E-state index in [1.165, 1.54) is 22.4 Å². The number of aryl methyl sites for hydroxylation is 1. The lowest BCUT2D eigenvalue weighted by atomic mass is 9.75. The van der Waals surface area contributed by atoms with E-state index in [0.717, 1.165) is 30.2 Å². The molecule has 0 fully saturated rings. The van der Waals surface area contributed by atoms with Crippen LogP contribution in [0.3, 0.4) is 0 Å². The number of aromatic nitrogens is 1. The fourth-order valence-corrected chi connectivity index (χ4v) is 4.46. The molecule has 1 aliphatic rings. The third-order valence-corrected chi connectivity index (χ3v) is 6.17. The maximum atomic E-state index is 9.19. The van der Waals surface area contributed by atoms with Crippen molar-refractivity contribution in [3.63, 3.8) is 0 Å². The molecule has 0 radical (unpaired) electrons. The SMILES string of the molecule is Cc1c(C2=CCC(c3ccccc3)(N(C)C)CC2)[nH]c2ccc(C#N)cc12. The Balaban J connectivity index is 1.73. The molecule has 0 spiro atoms. The Morgan fingerprint density at radius 3 is 2.52 bits per heavy atom. The van der Waals surface area contributed by atoms with E-state index in [-0.39, 0.29) is 5.54 Å². The second-order valence-electron chi connectivity index (χ2n) is 7.72. The zero-order valence-corrected chi connectivity index (χ0v) is 16.2. The molecule has 136 valence electrons. The second-order valence-corrected chi connectivity index (χ2v) is 7.72. The summed E-state index contributed by atoms with van der Waals surface area (Å²) in [5.41, 5.74) is 7.11. The highest BCUT2D eigenvalue weighted by Gasteiger charge is 2.36. The van der Waals surface area contributed by atoms with Crippen LogP contribution in [0.25, 0.3) is 16.5 Å². The molecule has 3 nitrogen and oxygen atoms in total. The van der Waals surface area contributed by atoms with Crippen molar-refractivity contribution in [3.8, 4) is 6.07 Å². The standard InChI is InChI=1S/C24H25N3/c1-17-21-15-18(16-25)9-10-22(21)26-23(17)19-11-13-24(14-12-19,27(2)3)20-7-5-4-6-8-20/h4-11,15,26H,12-14H2,1-3H3. The number of benzene rings is 2. The summed E-state index contributed by atoms with van der Waals surface area (Å²) < 4.78 is 0. The number of nitrogens with one attached hydrogen (secondary N) is 1. The highest BCUT2D eigenvalue weighted by Crippen LogP contribution is 2.43. The number of allylic oxidation sites excluding steroid dienone is 1. The van der Waals surface area contributed by atoms with Gasteiger partial charge in [0.1, 0.15) is 0 Å². The van der Waals surface area contributed by atoms with Crippen LogP contribution in [-0.2, 0) is 5.54 Å². The molecule has 2 aromatic carbocycles. The van der Waals surface area contributed by atoms with Gasteiger partial charge in [-0.25, -0.2) is 0 Å². The van der Waals surface area contributed by atoms with Crippen LogP contribution in [0.4, 0.5) is 0 Å². The number of nitriles is 1. The van der Waals surface area contributed by atoms with E-state index in [1.807, 2.05) is 18.2 Å². The topological polar surface area (TPSA) is 42.8 Å². The summed E-state index contributed by atoms with van der Waals surface area (Å²) in [5.74, 6) is 0. The van der Waals surface area contributed by atoms with Crippen LogP contribution in [-0.4, -0.2) is 24.0 Å². The lowest BCUT2D eigenvalue weighted by Gasteiger charge is -2.43. The number of aromatic amines is 1. The van der Waals surface area contributed by atoms with E-state index in [2.05, 4.69) is 73.4 Å². The van der Waals surface area contributed by atoms with Crippen molar-refractivity contribution < 1.29 is 0 Å². The predicted molar refractivity (Wildman–Crippen MR) is 111 cm³/mol. The number of H-pyrrole nitrogens is 1. The summed E-state index contributed by atoms with van der Waals surface area (Å²) in [6.45, 7) is 2.15.